The Hall–Kier alpha value is -1.85. The molecule has 14 heavy (non-hydrogen) atoms. The SMILES string of the molecule is Cc1cc(C(CC(=O)O)C(=O)O)on1. The summed E-state index contributed by atoms with van der Waals surface area (Å²) in [6.45, 7) is 1.63. The molecule has 6 nitrogen and oxygen atoms in total. The van der Waals surface area contributed by atoms with Gasteiger partial charge in [0.1, 0.15) is 5.92 Å². The lowest BCUT2D eigenvalue weighted by Gasteiger charge is -2.03. The van der Waals surface area contributed by atoms with Crippen LogP contribution in [0.25, 0.3) is 0 Å². The van der Waals surface area contributed by atoms with Gasteiger partial charge in [0, 0.05) is 6.07 Å². The number of aliphatic carboxylic acids is 2. The predicted molar refractivity (Wildman–Crippen MR) is 43.9 cm³/mol. The Morgan fingerprint density at radius 2 is 2.21 bits per heavy atom. The largest absolute Gasteiger partial charge is 0.481 e. The molecule has 0 spiro atoms. The maximum atomic E-state index is 10.7. The molecule has 0 aliphatic carbocycles. The summed E-state index contributed by atoms with van der Waals surface area (Å²) in [5.41, 5.74) is 0.525. The van der Waals surface area contributed by atoms with Gasteiger partial charge in [0.25, 0.3) is 0 Å². The number of aromatic nitrogens is 1. The maximum absolute atomic E-state index is 10.7. The molecule has 0 amide bonds. The van der Waals surface area contributed by atoms with Crippen LogP contribution in [0.3, 0.4) is 0 Å². The topological polar surface area (TPSA) is 101 Å². The molecule has 1 unspecified atom stereocenters. The van der Waals surface area contributed by atoms with E-state index in [1.165, 1.54) is 6.07 Å². The van der Waals surface area contributed by atoms with E-state index < -0.39 is 24.3 Å². The fourth-order valence-electron chi connectivity index (χ4n) is 1.03. The Morgan fingerprint density at radius 3 is 2.57 bits per heavy atom. The van der Waals surface area contributed by atoms with Gasteiger partial charge in [0.05, 0.1) is 12.1 Å². The molecular weight excluding hydrogens is 190 g/mol. The summed E-state index contributed by atoms with van der Waals surface area (Å²) < 4.78 is 4.69. The van der Waals surface area contributed by atoms with Crippen molar-refractivity contribution < 1.29 is 24.3 Å². The van der Waals surface area contributed by atoms with Gasteiger partial charge in [-0.1, -0.05) is 5.16 Å². The molecule has 0 fully saturated rings. The highest BCUT2D eigenvalue weighted by Crippen LogP contribution is 2.20. The Kier molecular flexibility index (Phi) is 2.85. The molecule has 1 atom stereocenters. The van der Waals surface area contributed by atoms with Crippen molar-refractivity contribution in [1.29, 1.82) is 0 Å². The molecule has 1 rings (SSSR count). The van der Waals surface area contributed by atoms with Crippen molar-refractivity contribution in [2.45, 2.75) is 19.3 Å². The van der Waals surface area contributed by atoms with Crippen molar-refractivity contribution in [1.82, 2.24) is 5.16 Å². The van der Waals surface area contributed by atoms with Gasteiger partial charge >= 0.3 is 11.9 Å². The van der Waals surface area contributed by atoms with Crippen LogP contribution in [0.1, 0.15) is 23.8 Å². The molecule has 0 radical (unpaired) electrons. The van der Waals surface area contributed by atoms with E-state index in [1.54, 1.807) is 6.92 Å². The minimum absolute atomic E-state index is 0.0670. The summed E-state index contributed by atoms with van der Waals surface area (Å²) in [7, 11) is 0. The zero-order chi connectivity index (χ0) is 10.7. The van der Waals surface area contributed by atoms with Crippen LogP contribution in [0.5, 0.6) is 0 Å². The summed E-state index contributed by atoms with van der Waals surface area (Å²) in [6.07, 6.45) is -0.510. The molecule has 76 valence electrons. The number of hydrogen-bond donors (Lipinski definition) is 2. The van der Waals surface area contributed by atoms with Gasteiger partial charge in [-0.15, -0.1) is 0 Å². The number of aryl methyl sites for hydroxylation is 1. The molecule has 6 heteroatoms. The minimum Gasteiger partial charge on any atom is -0.481 e. The molecule has 0 aromatic carbocycles. The lowest BCUT2D eigenvalue weighted by atomic mass is 10.0. The van der Waals surface area contributed by atoms with Crippen LogP contribution in [0, 0.1) is 6.92 Å². The molecule has 1 aromatic rings. The van der Waals surface area contributed by atoms with E-state index in [4.69, 9.17) is 14.7 Å². The second-order valence-electron chi connectivity index (χ2n) is 2.86. The van der Waals surface area contributed by atoms with Crippen molar-refractivity contribution >= 4 is 11.9 Å². The zero-order valence-electron chi connectivity index (χ0n) is 7.43. The average Bonchev–Trinajstić information content (AvgIpc) is 2.46. The van der Waals surface area contributed by atoms with Crippen LogP contribution in [-0.4, -0.2) is 27.3 Å². The summed E-state index contributed by atoms with van der Waals surface area (Å²) in [5.74, 6) is -3.53. The van der Waals surface area contributed by atoms with Crippen LogP contribution in [0.2, 0.25) is 0 Å². The summed E-state index contributed by atoms with van der Waals surface area (Å²) in [5, 5.41) is 20.7. The first-order valence-corrected chi connectivity index (χ1v) is 3.88. The average molecular weight is 199 g/mol. The molecule has 1 heterocycles. The number of nitrogens with zero attached hydrogens (tertiary/aromatic N) is 1. The maximum Gasteiger partial charge on any atom is 0.314 e. The van der Waals surface area contributed by atoms with Gasteiger partial charge in [-0.25, -0.2) is 0 Å². The van der Waals surface area contributed by atoms with E-state index in [0.717, 1.165) is 0 Å². The van der Waals surface area contributed by atoms with Crippen LogP contribution >= 0.6 is 0 Å². The normalized spacial score (nSPS) is 12.4. The lowest BCUT2D eigenvalue weighted by Crippen LogP contribution is -2.15. The van der Waals surface area contributed by atoms with E-state index >= 15 is 0 Å². The molecule has 0 aliphatic heterocycles. The van der Waals surface area contributed by atoms with E-state index in [2.05, 4.69) is 5.16 Å². The van der Waals surface area contributed by atoms with Crippen LogP contribution in [0.4, 0.5) is 0 Å². The third-order valence-electron chi connectivity index (χ3n) is 1.67. The summed E-state index contributed by atoms with van der Waals surface area (Å²) in [6, 6.07) is 1.42. The van der Waals surface area contributed by atoms with Gasteiger partial charge in [0.2, 0.25) is 0 Å². The van der Waals surface area contributed by atoms with Crippen LogP contribution < -0.4 is 0 Å². The molecule has 2 N–H and O–H groups in total. The van der Waals surface area contributed by atoms with Gasteiger partial charge in [-0.2, -0.15) is 0 Å². The van der Waals surface area contributed by atoms with Gasteiger partial charge in [-0.05, 0) is 6.92 Å². The fourth-order valence-corrected chi connectivity index (χ4v) is 1.03. The number of hydrogen-bond acceptors (Lipinski definition) is 4. The van der Waals surface area contributed by atoms with Crippen molar-refractivity contribution in [2.24, 2.45) is 0 Å². The van der Waals surface area contributed by atoms with Crippen molar-refractivity contribution in [3.05, 3.63) is 17.5 Å². The summed E-state index contributed by atoms with van der Waals surface area (Å²) >= 11 is 0. The lowest BCUT2D eigenvalue weighted by molar-refractivity contribution is -0.145. The quantitative estimate of drug-likeness (QED) is 0.737. The molecule has 0 bridgehead atoms. The van der Waals surface area contributed by atoms with E-state index in [1.807, 2.05) is 0 Å². The Labute approximate surface area is 79.1 Å². The fraction of sp³-hybridized carbons (Fsp3) is 0.375. The van der Waals surface area contributed by atoms with Gasteiger partial charge < -0.3 is 14.7 Å². The number of carbonyl (C=O) groups is 2. The predicted octanol–water partition coefficient (Wildman–Crippen LogP) is 0.626. The third-order valence-corrected chi connectivity index (χ3v) is 1.67. The number of carboxylic acids is 2. The summed E-state index contributed by atoms with van der Waals surface area (Å²) in [4.78, 5) is 21.1. The first-order valence-electron chi connectivity index (χ1n) is 3.88. The highest BCUT2D eigenvalue weighted by Gasteiger charge is 2.26. The Balaban J connectivity index is 2.88. The smallest absolute Gasteiger partial charge is 0.314 e. The highest BCUT2D eigenvalue weighted by molar-refractivity contribution is 5.81. The second kappa shape index (κ2) is 3.91. The van der Waals surface area contributed by atoms with Crippen LogP contribution in [-0.2, 0) is 9.59 Å². The standard InChI is InChI=1S/C8H9NO5/c1-4-2-6(14-9-4)5(8(12)13)3-7(10)11/h2,5H,3H2,1H3,(H,10,11)(H,12,13). The van der Waals surface area contributed by atoms with Crippen LogP contribution in [0.15, 0.2) is 10.6 Å². The third kappa shape index (κ3) is 2.32. The van der Waals surface area contributed by atoms with Crippen molar-refractivity contribution in [2.75, 3.05) is 0 Å². The molecule has 1 aromatic heterocycles. The molecular formula is C8H9NO5. The Morgan fingerprint density at radius 1 is 1.57 bits per heavy atom. The molecule has 0 saturated heterocycles. The van der Waals surface area contributed by atoms with Crippen molar-refractivity contribution in [3.8, 4) is 0 Å². The first kappa shape index (κ1) is 10.2. The first-order chi connectivity index (χ1) is 6.50. The monoisotopic (exact) mass is 199 g/mol. The molecule has 0 aliphatic rings. The van der Waals surface area contributed by atoms with Gasteiger partial charge in [0.15, 0.2) is 5.76 Å². The van der Waals surface area contributed by atoms with E-state index in [-0.39, 0.29) is 5.76 Å². The molecule has 0 saturated carbocycles. The number of rotatable bonds is 4. The zero-order valence-corrected chi connectivity index (χ0v) is 7.43. The van der Waals surface area contributed by atoms with E-state index in [0.29, 0.717) is 5.69 Å². The van der Waals surface area contributed by atoms with Crippen molar-refractivity contribution in [3.63, 3.8) is 0 Å². The second-order valence-corrected chi connectivity index (χ2v) is 2.86. The van der Waals surface area contributed by atoms with E-state index in [9.17, 15) is 9.59 Å². The van der Waals surface area contributed by atoms with Gasteiger partial charge in [-0.3, -0.25) is 9.59 Å². The Bertz CT molecular complexity index is 356. The minimum atomic E-state index is -1.23. The highest BCUT2D eigenvalue weighted by atomic mass is 16.5. The number of carboxylic acid groups (broad SMARTS) is 2.